The molecule has 2 atom stereocenters. The van der Waals surface area contributed by atoms with Gasteiger partial charge in [0.2, 0.25) is 0 Å². The average molecular weight is 208 g/mol. The zero-order valence-corrected chi connectivity index (χ0v) is 9.26. The highest BCUT2D eigenvalue weighted by Crippen LogP contribution is 2.20. The van der Waals surface area contributed by atoms with Gasteiger partial charge in [-0.15, -0.1) is 0 Å². The maximum Gasteiger partial charge on any atom is 0.0315 e. The van der Waals surface area contributed by atoms with Gasteiger partial charge in [0, 0.05) is 30.2 Å². The molecule has 1 aliphatic heterocycles. The van der Waals surface area contributed by atoms with Gasteiger partial charge in [-0.25, -0.2) is 0 Å². The van der Waals surface area contributed by atoms with Crippen LogP contribution < -0.4 is 5.32 Å². The van der Waals surface area contributed by atoms with E-state index >= 15 is 0 Å². The molecule has 14 heavy (non-hydrogen) atoms. The lowest BCUT2D eigenvalue weighted by Crippen LogP contribution is -2.31. The SMILES string of the molecule is C[C@@H](N[C@H]1CCSC1)c1cccnc1. The van der Waals surface area contributed by atoms with Crippen molar-refractivity contribution in [2.45, 2.75) is 25.4 Å². The lowest BCUT2D eigenvalue weighted by molar-refractivity contribution is 0.485. The van der Waals surface area contributed by atoms with Crippen molar-refractivity contribution in [2.75, 3.05) is 11.5 Å². The highest BCUT2D eigenvalue weighted by molar-refractivity contribution is 7.99. The van der Waals surface area contributed by atoms with Gasteiger partial charge in [0.25, 0.3) is 0 Å². The van der Waals surface area contributed by atoms with E-state index in [9.17, 15) is 0 Å². The minimum atomic E-state index is 0.424. The third-order valence-corrected chi connectivity index (χ3v) is 3.76. The summed E-state index contributed by atoms with van der Waals surface area (Å²) in [6.45, 7) is 2.21. The van der Waals surface area contributed by atoms with E-state index in [1.807, 2.05) is 30.2 Å². The first-order valence-corrected chi connectivity index (χ1v) is 6.25. The van der Waals surface area contributed by atoms with Crippen LogP contribution in [0.5, 0.6) is 0 Å². The smallest absolute Gasteiger partial charge is 0.0315 e. The van der Waals surface area contributed by atoms with Crippen molar-refractivity contribution in [3.05, 3.63) is 30.1 Å². The standard InChI is InChI=1S/C11H16N2S/c1-9(10-3-2-5-12-7-10)13-11-4-6-14-8-11/h2-3,5,7,9,11,13H,4,6,8H2,1H3/t9-,11+/m1/s1. The van der Waals surface area contributed by atoms with Crippen LogP contribution in [0.25, 0.3) is 0 Å². The highest BCUT2D eigenvalue weighted by atomic mass is 32.2. The second-order valence-electron chi connectivity index (χ2n) is 3.74. The molecule has 1 aromatic rings. The number of nitrogens with zero attached hydrogens (tertiary/aromatic N) is 1. The predicted molar refractivity (Wildman–Crippen MR) is 61.5 cm³/mol. The Morgan fingerprint density at radius 3 is 3.21 bits per heavy atom. The van der Waals surface area contributed by atoms with E-state index in [-0.39, 0.29) is 0 Å². The summed E-state index contributed by atoms with van der Waals surface area (Å²) in [6, 6.07) is 5.24. The molecule has 0 bridgehead atoms. The monoisotopic (exact) mass is 208 g/mol. The Balaban J connectivity index is 1.92. The summed E-state index contributed by atoms with van der Waals surface area (Å²) in [5.41, 5.74) is 1.28. The third kappa shape index (κ3) is 2.49. The molecule has 0 spiro atoms. The number of pyridine rings is 1. The van der Waals surface area contributed by atoms with E-state index in [0.717, 1.165) is 0 Å². The first-order chi connectivity index (χ1) is 6.86. The minimum Gasteiger partial charge on any atom is -0.307 e. The van der Waals surface area contributed by atoms with E-state index in [1.54, 1.807) is 0 Å². The molecule has 0 unspecified atom stereocenters. The Morgan fingerprint density at radius 1 is 1.64 bits per heavy atom. The zero-order chi connectivity index (χ0) is 9.80. The summed E-state index contributed by atoms with van der Waals surface area (Å²) in [7, 11) is 0. The molecular weight excluding hydrogens is 192 g/mol. The van der Waals surface area contributed by atoms with Gasteiger partial charge >= 0.3 is 0 Å². The van der Waals surface area contributed by atoms with E-state index in [0.29, 0.717) is 12.1 Å². The summed E-state index contributed by atoms with van der Waals surface area (Å²) in [4.78, 5) is 4.14. The molecule has 1 fully saturated rings. The number of nitrogens with one attached hydrogen (secondary N) is 1. The largest absolute Gasteiger partial charge is 0.307 e. The maximum atomic E-state index is 4.14. The van der Waals surface area contributed by atoms with Gasteiger partial charge in [-0.2, -0.15) is 11.8 Å². The Labute approximate surface area is 89.5 Å². The van der Waals surface area contributed by atoms with Crippen molar-refractivity contribution in [1.82, 2.24) is 10.3 Å². The van der Waals surface area contributed by atoms with Crippen LogP contribution in [0.3, 0.4) is 0 Å². The first kappa shape index (κ1) is 9.99. The van der Waals surface area contributed by atoms with Crippen LogP contribution in [0.15, 0.2) is 24.5 Å². The maximum absolute atomic E-state index is 4.14. The molecule has 1 N–H and O–H groups in total. The second-order valence-corrected chi connectivity index (χ2v) is 4.89. The number of rotatable bonds is 3. The van der Waals surface area contributed by atoms with E-state index in [4.69, 9.17) is 0 Å². The van der Waals surface area contributed by atoms with Gasteiger partial charge < -0.3 is 5.32 Å². The normalized spacial score (nSPS) is 23.6. The predicted octanol–water partition coefficient (Wildman–Crippen LogP) is 2.24. The topological polar surface area (TPSA) is 24.9 Å². The molecule has 1 saturated heterocycles. The Hall–Kier alpha value is -0.540. The fourth-order valence-electron chi connectivity index (χ4n) is 1.75. The molecule has 3 heteroatoms. The summed E-state index contributed by atoms with van der Waals surface area (Å²) in [6.07, 6.45) is 5.07. The number of thioether (sulfide) groups is 1. The van der Waals surface area contributed by atoms with Gasteiger partial charge in [0.15, 0.2) is 0 Å². The van der Waals surface area contributed by atoms with Gasteiger partial charge in [0.05, 0.1) is 0 Å². The Morgan fingerprint density at radius 2 is 2.57 bits per heavy atom. The summed E-state index contributed by atoms with van der Waals surface area (Å²) in [5.74, 6) is 2.56. The summed E-state index contributed by atoms with van der Waals surface area (Å²) in [5, 5.41) is 3.63. The van der Waals surface area contributed by atoms with Gasteiger partial charge in [-0.3, -0.25) is 4.98 Å². The van der Waals surface area contributed by atoms with E-state index in [1.165, 1.54) is 23.5 Å². The number of hydrogen-bond donors (Lipinski definition) is 1. The number of aromatic nitrogens is 1. The summed E-state index contributed by atoms with van der Waals surface area (Å²) >= 11 is 2.04. The van der Waals surface area contributed by atoms with Gasteiger partial charge in [0.1, 0.15) is 0 Å². The second kappa shape index (κ2) is 4.80. The summed E-state index contributed by atoms with van der Waals surface area (Å²) < 4.78 is 0. The molecule has 1 aliphatic rings. The van der Waals surface area contributed by atoms with Crippen LogP contribution in [0.1, 0.15) is 24.9 Å². The fraction of sp³-hybridized carbons (Fsp3) is 0.545. The third-order valence-electron chi connectivity index (χ3n) is 2.60. The van der Waals surface area contributed by atoms with Crippen LogP contribution in [-0.4, -0.2) is 22.5 Å². The molecule has 1 aromatic heterocycles. The quantitative estimate of drug-likeness (QED) is 0.824. The van der Waals surface area contributed by atoms with E-state index < -0.39 is 0 Å². The Kier molecular flexibility index (Phi) is 3.43. The molecule has 0 saturated carbocycles. The fourth-order valence-corrected chi connectivity index (χ4v) is 2.91. The van der Waals surface area contributed by atoms with Crippen LogP contribution in [0.4, 0.5) is 0 Å². The molecule has 0 aromatic carbocycles. The average Bonchev–Trinajstić information content (AvgIpc) is 2.72. The van der Waals surface area contributed by atoms with Gasteiger partial charge in [-0.1, -0.05) is 6.07 Å². The molecular formula is C11H16N2S. The molecule has 0 radical (unpaired) electrons. The lowest BCUT2D eigenvalue weighted by Gasteiger charge is -2.18. The van der Waals surface area contributed by atoms with E-state index in [2.05, 4.69) is 23.3 Å². The van der Waals surface area contributed by atoms with Crippen molar-refractivity contribution in [1.29, 1.82) is 0 Å². The van der Waals surface area contributed by atoms with Crippen molar-refractivity contribution < 1.29 is 0 Å². The highest BCUT2D eigenvalue weighted by Gasteiger charge is 2.17. The lowest BCUT2D eigenvalue weighted by atomic mass is 10.1. The van der Waals surface area contributed by atoms with Crippen molar-refractivity contribution >= 4 is 11.8 Å². The van der Waals surface area contributed by atoms with Crippen LogP contribution >= 0.6 is 11.8 Å². The van der Waals surface area contributed by atoms with Crippen molar-refractivity contribution in [3.63, 3.8) is 0 Å². The zero-order valence-electron chi connectivity index (χ0n) is 8.44. The molecule has 2 rings (SSSR count). The molecule has 76 valence electrons. The first-order valence-electron chi connectivity index (χ1n) is 5.10. The molecule has 0 amide bonds. The molecule has 2 nitrogen and oxygen atoms in total. The minimum absolute atomic E-state index is 0.424. The van der Waals surface area contributed by atoms with Crippen molar-refractivity contribution in [3.8, 4) is 0 Å². The van der Waals surface area contributed by atoms with Gasteiger partial charge in [-0.05, 0) is 30.7 Å². The molecule has 0 aliphatic carbocycles. The van der Waals surface area contributed by atoms with Crippen LogP contribution in [-0.2, 0) is 0 Å². The van der Waals surface area contributed by atoms with Crippen LogP contribution in [0, 0.1) is 0 Å². The van der Waals surface area contributed by atoms with Crippen LogP contribution in [0.2, 0.25) is 0 Å². The number of hydrogen-bond acceptors (Lipinski definition) is 3. The Bertz CT molecular complexity index is 270. The van der Waals surface area contributed by atoms with Crippen molar-refractivity contribution in [2.24, 2.45) is 0 Å². The molecule has 2 heterocycles.